The maximum absolute atomic E-state index is 13.0. The number of methoxy groups -OCH3 is 1. The van der Waals surface area contributed by atoms with Gasteiger partial charge in [-0.1, -0.05) is 30.3 Å². The zero-order valence-corrected chi connectivity index (χ0v) is 15.0. The molecule has 0 unspecified atom stereocenters. The normalized spacial score (nSPS) is 24.6. The summed E-state index contributed by atoms with van der Waals surface area (Å²) in [5.41, 5.74) is 1.44. The summed E-state index contributed by atoms with van der Waals surface area (Å²) >= 11 is 0. The Labute approximate surface area is 156 Å². The summed E-state index contributed by atoms with van der Waals surface area (Å²) in [7, 11) is 1.37. The molecule has 0 radical (unpaired) electrons. The van der Waals surface area contributed by atoms with Gasteiger partial charge in [-0.2, -0.15) is 0 Å². The van der Waals surface area contributed by atoms with Gasteiger partial charge in [0.15, 0.2) is 0 Å². The third kappa shape index (κ3) is 2.99. The van der Waals surface area contributed by atoms with Gasteiger partial charge in [-0.3, -0.25) is 14.4 Å². The molecular formula is C20H21N3O4. The highest BCUT2D eigenvalue weighted by atomic mass is 16.5. The third-order valence-corrected chi connectivity index (χ3v) is 5.42. The molecule has 2 aliphatic rings. The molecule has 0 bridgehead atoms. The molecule has 0 aliphatic carbocycles. The van der Waals surface area contributed by atoms with Gasteiger partial charge in [0.05, 0.1) is 30.7 Å². The summed E-state index contributed by atoms with van der Waals surface area (Å²) < 4.78 is 5.00. The topological polar surface area (TPSA) is 82.7 Å². The average molecular weight is 367 g/mol. The quantitative estimate of drug-likeness (QED) is 0.836. The van der Waals surface area contributed by atoms with E-state index in [1.165, 1.54) is 7.11 Å². The lowest BCUT2D eigenvalue weighted by atomic mass is 9.93. The number of hydrogen-bond donors (Lipinski definition) is 1. The molecule has 2 saturated heterocycles. The average Bonchev–Trinajstić information content (AvgIpc) is 3.35. The number of piperazine rings is 1. The number of esters is 1. The molecule has 140 valence electrons. The molecule has 3 heterocycles. The van der Waals surface area contributed by atoms with Crippen LogP contribution in [-0.4, -0.2) is 58.8 Å². The Hall–Kier alpha value is -3.09. The number of nitrogens with zero attached hydrogens (tertiary/aromatic N) is 2. The van der Waals surface area contributed by atoms with Crippen LogP contribution in [-0.2, 0) is 14.3 Å². The highest BCUT2D eigenvalue weighted by Crippen LogP contribution is 2.43. The van der Waals surface area contributed by atoms with E-state index < -0.39 is 5.92 Å². The molecule has 27 heavy (non-hydrogen) atoms. The molecule has 1 aromatic carbocycles. The first-order valence-electron chi connectivity index (χ1n) is 8.96. The number of carbonyl (C=O) groups is 3. The van der Waals surface area contributed by atoms with E-state index in [9.17, 15) is 14.4 Å². The molecule has 7 heteroatoms. The highest BCUT2D eigenvalue weighted by Gasteiger charge is 2.51. The summed E-state index contributed by atoms with van der Waals surface area (Å²) in [5, 5.41) is 0. The fourth-order valence-corrected chi connectivity index (χ4v) is 4.26. The number of aromatic nitrogens is 1. The third-order valence-electron chi connectivity index (χ3n) is 5.42. The van der Waals surface area contributed by atoms with Crippen molar-refractivity contribution in [2.75, 3.05) is 20.2 Å². The number of ether oxygens (including phenoxy) is 1. The van der Waals surface area contributed by atoms with Gasteiger partial charge >= 0.3 is 5.97 Å². The minimum absolute atomic E-state index is 0.0116. The minimum Gasteiger partial charge on any atom is -0.469 e. The second-order valence-corrected chi connectivity index (χ2v) is 6.96. The number of rotatable bonds is 3. The van der Waals surface area contributed by atoms with Crippen molar-refractivity contribution < 1.29 is 19.1 Å². The van der Waals surface area contributed by atoms with Crippen molar-refractivity contribution in [1.29, 1.82) is 0 Å². The van der Waals surface area contributed by atoms with Crippen LogP contribution in [0.15, 0.2) is 48.8 Å². The molecule has 1 aromatic heterocycles. The number of hydrogen-bond acceptors (Lipinski definition) is 4. The van der Waals surface area contributed by atoms with Crippen molar-refractivity contribution in [1.82, 2.24) is 14.8 Å². The van der Waals surface area contributed by atoms with Crippen LogP contribution in [0.5, 0.6) is 0 Å². The van der Waals surface area contributed by atoms with Crippen LogP contribution in [0, 0.1) is 5.92 Å². The number of H-pyrrole nitrogens is 1. The molecule has 7 nitrogen and oxygen atoms in total. The molecule has 2 amide bonds. The number of fused-ring (bicyclic) bond motifs is 1. The number of carbonyl (C=O) groups excluding carboxylic acids is 3. The molecular weight excluding hydrogens is 346 g/mol. The number of aromatic amines is 1. The van der Waals surface area contributed by atoms with E-state index in [-0.39, 0.29) is 36.4 Å². The van der Waals surface area contributed by atoms with Gasteiger partial charge in [0.25, 0.3) is 5.91 Å². The fourth-order valence-electron chi connectivity index (χ4n) is 4.26. The van der Waals surface area contributed by atoms with E-state index in [0.717, 1.165) is 5.56 Å². The predicted octanol–water partition coefficient (Wildman–Crippen LogP) is 1.60. The lowest BCUT2D eigenvalue weighted by molar-refractivity contribution is -0.147. The molecule has 1 N–H and O–H groups in total. The smallest absolute Gasteiger partial charge is 0.311 e. The molecule has 2 aromatic rings. The van der Waals surface area contributed by atoms with E-state index in [4.69, 9.17) is 4.74 Å². The van der Waals surface area contributed by atoms with Crippen LogP contribution in [0.2, 0.25) is 0 Å². The van der Waals surface area contributed by atoms with Gasteiger partial charge in [-0.25, -0.2) is 0 Å². The summed E-state index contributed by atoms with van der Waals surface area (Å²) in [5.74, 6) is -1.08. The lowest BCUT2D eigenvalue weighted by Gasteiger charge is -2.40. The lowest BCUT2D eigenvalue weighted by Crippen LogP contribution is -2.55. The summed E-state index contributed by atoms with van der Waals surface area (Å²) in [6.45, 7) is 0.421. The SMILES string of the molecule is COC(=O)[C@H]1C[C@H]2CN(C(=O)c3cc[nH]c3)CC(=O)N2[C@H]1c1ccccc1. The Morgan fingerprint density at radius 2 is 1.96 bits per heavy atom. The summed E-state index contributed by atoms with van der Waals surface area (Å²) in [6.07, 6.45) is 3.78. The summed E-state index contributed by atoms with van der Waals surface area (Å²) in [4.78, 5) is 44.2. The number of benzene rings is 1. The first-order valence-corrected chi connectivity index (χ1v) is 8.96. The van der Waals surface area contributed by atoms with E-state index in [1.807, 2.05) is 30.3 Å². The highest BCUT2D eigenvalue weighted by molar-refractivity contribution is 5.97. The largest absolute Gasteiger partial charge is 0.469 e. The van der Waals surface area contributed by atoms with Crippen molar-refractivity contribution in [3.8, 4) is 0 Å². The van der Waals surface area contributed by atoms with Gasteiger partial charge in [0.1, 0.15) is 6.54 Å². The van der Waals surface area contributed by atoms with Crippen LogP contribution in [0.4, 0.5) is 0 Å². The van der Waals surface area contributed by atoms with E-state index >= 15 is 0 Å². The zero-order valence-electron chi connectivity index (χ0n) is 15.0. The van der Waals surface area contributed by atoms with Crippen LogP contribution in [0.1, 0.15) is 28.4 Å². The van der Waals surface area contributed by atoms with Crippen molar-refractivity contribution in [2.45, 2.75) is 18.5 Å². The Morgan fingerprint density at radius 3 is 2.63 bits per heavy atom. The van der Waals surface area contributed by atoms with Crippen molar-refractivity contribution in [2.24, 2.45) is 5.92 Å². The van der Waals surface area contributed by atoms with Crippen LogP contribution >= 0.6 is 0 Å². The van der Waals surface area contributed by atoms with Crippen molar-refractivity contribution >= 4 is 17.8 Å². The fraction of sp³-hybridized carbons (Fsp3) is 0.350. The first kappa shape index (κ1) is 17.3. The minimum atomic E-state index is -0.436. The van der Waals surface area contributed by atoms with Gasteiger partial charge in [-0.15, -0.1) is 0 Å². The van der Waals surface area contributed by atoms with E-state index in [0.29, 0.717) is 18.5 Å². The number of amides is 2. The standard InChI is InChI=1S/C20H21N3O4/c1-27-20(26)16-9-15-11-22(19(25)14-7-8-21-10-14)12-17(24)23(15)18(16)13-5-3-2-4-6-13/h2-8,10,15-16,18,21H,9,11-12H2,1H3/t15-,16-,18-/m0/s1. The Balaban J connectivity index is 1.63. The molecule has 3 atom stereocenters. The first-order chi connectivity index (χ1) is 13.1. The second kappa shape index (κ2) is 6.90. The Kier molecular flexibility index (Phi) is 4.43. The van der Waals surface area contributed by atoms with Gasteiger partial charge in [0.2, 0.25) is 5.91 Å². The van der Waals surface area contributed by atoms with Gasteiger partial charge < -0.3 is 19.5 Å². The van der Waals surface area contributed by atoms with Gasteiger partial charge in [-0.05, 0) is 18.1 Å². The summed E-state index contributed by atoms with van der Waals surface area (Å²) in [6, 6.07) is 10.7. The monoisotopic (exact) mass is 367 g/mol. The Morgan fingerprint density at radius 1 is 1.19 bits per heavy atom. The number of nitrogens with one attached hydrogen (secondary N) is 1. The zero-order chi connectivity index (χ0) is 19.0. The van der Waals surface area contributed by atoms with E-state index in [1.54, 1.807) is 28.3 Å². The molecule has 0 spiro atoms. The molecule has 2 aliphatic heterocycles. The molecule has 0 saturated carbocycles. The van der Waals surface area contributed by atoms with Crippen molar-refractivity contribution in [3.63, 3.8) is 0 Å². The molecule has 2 fully saturated rings. The predicted molar refractivity (Wildman–Crippen MR) is 96.6 cm³/mol. The maximum Gasteiger partial charge on any atom is 0.311 e. The van der Waals surface area contributed by atoms with E-state index in [2.05, 4.69) is 4.98 Å². The van der Waals surface area contributed by atoms with Crippen LogP contribution < -0.4 is 0 Å². The van der Waals surface area contributed by atoms with Crippen LogP contribution in [0.3, 0.4) is 0 Å². The molecule has 4 rings (SSSR count). The second-order valence-electron chi connectivity index (χ2n) is 6.96. The Bertz CT molecular complexity index is 849. The van der Waals surface area contributed by atoms with Crippen molar-refractivity contribution in [3.05, 3.63) is 59.9 Å². The maximum atomic E-state index is 13.0. The van der Waals surface area contributed by atoms with Crippen LogP contribution in [0.25, 0.3) is 0 Å². The van der Waals surface area contributed by atoms with Gasteiger partial charge in [0, 0.05) is 18.9 Å².